The molecule has 0 bridgehead atoms. The Morgan fingerprint density at radius 2 is 1.79 bits per heavy atom. The maximum atomic E-state index is 12.2. The SMILES string of the molecule is CCc1ccc(-c2nc(=S)n(C[NH+]3CC[NH+](CC(=O)NC(C)(C)C)CC3)[nH]2)cc1. The zero-order chi connectivity index (χ0) is 21.0. The number of piperazine rings is 1. The van der Waals surface area contributed by atoms with Crippen molar-refractivity contribution in [3.05, 3.63) is 34.6 Å². The van der Waals surface area contributed by atoms with Crippen molar-refractivity contribution >= 4 is 18.1 Å². The van der Waals surface area contributed by atoms with E-state index in [0.29, 0.717) is 11.3 Å². The Morgan fingerprint density at radius 1 is 1.17 bits per heavy atom. The van der Waals surface area contributed by atoms with Gasteiger partial charge in [-0.25, -0.2) is 4.68 Å². The number of hydrogen-bond acceptors (Lipinski definition) is 3. The number of benzene rings is 1. The lowest BCUT2D eigenvalue weighted by Gasteiger charge is -2.30. The molecule has 1 aromatic carbocycles. The standard InChI is InChI=1S/C21H32N6OS/c1-5-16-6-8-17(9-7-16)19-22-20(29)27(24-19)15-26-12-10-25(11-13-26)14-18(28)23-21(2,3)4/h6-9H,5,10-15H2,1-4H3,(H,23,28)(H,22,24,29)/p+2. The number of hydrogen-bond donors (Lipinski definition) is 4. The quantitative estimate of drug-likeness (QED) is 0.492. The van der Waals surface area contributed by atoms with Gasteiger partial charge in [-0.1, -0.05) is 31.2 Å². The maximum absolute atomic E-state index is 12.2. The molecule has 0 atom stereocenters. The lowest BCUT2D eigenvalue weighted by Crippen LogP contribution is -3.28. The molecule has 2 heterocycles. The van der Waals surface area contributed by atoms with E-state index in [-0.39, 0.29) is 11.4 Å². The van der Waals surface area contributed by atoms with Gasteiger partial charge in [0.15, 0.2) is 19.0 Å². The molecule has 7 nitrogen and oxygen atoms in total. The molecule has 0 aliphatic carbocycles. The molecule has 0 spiro atoms. The van der Waals surface area contributed by atoms with Crippen LogP contribution in [0.4, 0.5) is 0 Å². The normalized spacial score (nSPS) is 19.9. The number of aromatic nitrogens is 3. The number of amides is 1. The first kappa shape index (κ1) is 21.7. The van der Waals surface area contributed by atoms with Gasteiger partial charge in [0.1, 0.15) is 26.2 Å². The van der Waals surface area contributed by atoms with E-state index in [2.05, 4.69) is 46.6 Å². The van der Waals surface area contributed by atoms with Crippen LogP contribution in [-0.4, -0.2) is 58.9 Å². The minimum atomic E-state index is -0.171. The van der Waals surface area contributed by atoms with Gasteiger partial charge in [-0.05, 0) is 45.0 Å². The molecule has 2 aromatic rings. The van der Waals surface area contributed by atoms with Crippen LogP contribution in [0.5, 0.6) is 0 Å². The van der Waals surface area contributed by atoms with Gasteiger partial charge in [-0.15, -0.1) is 0 Å². The van der Waals surface area contributed by atoms with Crippen molar-refractivity contribution in [3.63, 3.8) is 0 Å². The topological polar surface area (TPSA) is 71.6 Å². The number of carbonyl (C=O) groups is 1. The van der Waals surface area contributed by atoms with Crippen molar-refractivity contribution in [1.82, 2.24) is 20.1 Å². The molecule has 1 amide bonds. The van der Waals surface area contributed by atoms with Crippen molar-refractivity contribution in [3.8, 4) is 11.4 Å². The summed E-state index contributed by atoms with van der Waals surface area (Å²) in [7, 11) is 0. The number of rotatable bonds is 6. The van der Waals surface area contributed by atoms with Crippen LogP contribution < -0.4 is 15.1 Å². The molecule has 29 heavy (non-hydrogen) atoms. The van der Waals surface area contributed by atoms with Gasteiger partial charge < -0.3 is 15.1 Å². The summed E-state index contributed by atoms with van der Waals surface area (Å²) in [6, 6.07) is 8.45. The van der Waals surface area contributed by atoms with E-state index in [1.165, 1.54) is 15.4 Å². The summed E-state index contributed by atoms with van der Waals surface area (Å²) in [5.41, 5.74) is 2.20. The smallest absolute Gasteiger partial charge is 0.275 e. The Hall–Kier alpha value is -2.03. The lowest BCUT2D eigenvalue weighted by atomic mass is 10.1. The van der Waals surface area contributed by atoms with Gasteiger partial charge in [0, 0.05) is 11.1 Å². The number of carbonyl (C=O) groups excluding carboxylic acids is 1. The number of nitrogens with one attached hydrogen (secondary N) is 4. The Balaban J connectivity index is 1.53. The highest BCUT2D eigenvalue weighted by molar-refractivity contribution is 7.71. The zero-order valence-corrected chi connectivity index (χ0v) is 18.8. The van der Waals surface area contributed by atoms with Gasteiger partial charge in [0.05, 0.1) is 0 Å². The van der Waals surface area contributed by atoms with E-state index in [9.17, 15) is 4.79 Å². The fourth-order valence-electron chi connectivity index (χ4n) is 3.70. The molecule has 1 aromatic heterocycles. The predicted octanol–water partition coefficient (Wildman–Crippen LogP) is -0.174. The summed E-state index contributed by atoms with van der Waals surface area (Å²) in [6.45, 7) is 13.5. The minimum absolute atomic E-state index is 0.130. The van der Waals surface area contributed by atoms with Crippen LogP contribution in [0.25, 0.3) is 11.4 Å². The first-order valence-electron chi connectivity index (χ1n) is 10.5. The third-order valence-corrected chi connectivity index (χ3v) is 5.60. The highest BCUT2D eigenvalue weighted by Crippen LogP contribution is 2.15. The van der Waals surface area contributed by atoms with Crippen molar-refractivity contribution in [2.45, 2.75) is 46.3 Å². The van der Waals surface area contributed by atoms with Crippen molar-refractivity contribution in [1.29, 1.82) is 0 Å². The van der Waals surface area contributed by atoms with Crippen LogP contribution in [0.15, 0.2) is 24.3 Å². The third-order valence-electron chi connectivity index (χ3n) is 5.29. The molecule has 1 aliphatic rings. The zero-order valence-electron chi connectivity index (χ0n) is 18.0. The number of H-pyrrole nitrogens is 1. The third kappa shape index (κ3) is 6.22. The van der Waals surface area contributed by atoms with E-state index in [4.69, 9.17) is 12.2 Å². The minimum Gasteiger partial charge on any atom is -0.347 e. The number of aromatic amines is 1. The molecule has 1 aliphatic heterocycles. The molecule has 8 heteroatoms. The predicted molar refractivity (Wildman–Crippen MR) is 116 cm³/mol. The molecule has 1 fully saturated rings. The average molecular weight is 419 g/mol. The second kappa shape index (κ2) is 9.19. The Labute approximate surface area is 178 Å². The molecule has 0 unspecified atom stereocenters. The van der Waals surface area contributed by atoms with Gasteiger partial charge in [0.2, 0.25) is 4.77 Å². The molecular weight excluding hydrogens is 384 g/mol. The summed E-state index contributed by atoms with van der Waals surface area (Å²) < 4.78 is 2.55. The highest BCUT2D eigenvalue weighted by Gasteiger charge is 2.26. The number of nitrogens with zero attached hydrogens (tertiary/aromatic N) is 2. The van der Waals surface area contributed by atoms with Crippen molar-refractivity contribution in [2.24, 2.45) is 0 Å². The first-order valence-corrected chi connectivity index (χ1v) is 10.9. The summed E-state index contributed by atoms with van der Waals surface area (Å²) in [5.74, 6) is 0.950. The molecule has 0 saturated carbocycles. The fourth-order valence-corrected chi connectivity index (χ4v) is 3.90. The summed E-state index contributed by atoms with van der Waals surface area (Å²) >= 11 is 5.47. The highest BCUT2D eigenvalue weighted by atomic mass is 32.1. The maximum Gasteiger partial charge on any atom is 0.275 e. The van der Waals surface area contributed by atoms with Gasteiger partial charge in [0.25, 0.3) is 5.91 Å². The fraction of sp³-hybridized carbons (Fsp3) is 0.571. The molecule has 1 saturated heterocycles. The van der Waals surface area contributed by atoms with Crippen LogP contribution >= 0.6 is 12.2 Å². The largest absolute Gasteiger partial charge is 0.347 e. The van der Waals surface area contributed by atoms with Crippen LogP contribution in [0.1, 0.15) is 33.3 Å². The van der Waals surface area contributed by atoms with E-state index < -0.39 is 0 Å². The van der Waals surface area contributed by atoms with E-state index in [1.807, 2.05) is 25.5 Å². The van der Waals surface area contributed by atoms with Crippen LogP contribution in [0.2, 0.25) is 0 Å². The van der Waals surface area contributed by atoms with Crippen molar-refractivity contribution in [2.75, 3.05) is 32.7 Å². The Morgan fingerprint density at radius 3 is 2.38 bits per heavy atom. The molecule has 158 valence electrons. The van der Waals surface area contributed by atoms with E-state index in [1.54, 1.807) is 0 Å². The van der Waals surface area contributed by atoms with Gasteiger partial charge in [-0.2, -0.15) is 4.98 Å². The van der Waals surface area contributed by atoms with Crippen molar-refractivity contribution < 1.29 is 14.6 Å². The van der Waals surface area contributed by atoms with E-state index >= 15 is 0 Å². The molecule has 4 N–H and O–H groups in total. The number of quaternary nitrogens is 2. The number of aryl methyl sites for hydroxylation is 1. The molecule has 3 rings (SSSR count). The van der Waals surface area contributed by atoms with E-state index in [0.717, 1.165) is 50.7 Å². The van der Waals surface area contributed by atoms with Crippen LogP contribution in [0.3, 0.4) is 0 Å². The second-order valence-corrected chi connectivity index (χ2v) is 9.33. The monoisotopic (exact) mass is 418 g/mol. The van der Waals surface area contributed by atoms with Gasteiger partial charge >= 0.3 is 0 Å². The summed E-state index contributed by atoms with van der Waals surface area (Å²) in [5, 5.41) is 6.41. The molecule has 0 radical (unpaired) electrons. The Kier molecular flexibility index (Phi) is 6.87. The van der Waals surface area contributed by atoms with Crippen LogP contribution in [0, 0.1) is 4.77 Å². The lowest BCUT2D eigenvalue weighted by molar-refractivity contribution is -1.02. The Bertz CT molecular complexity index is 872. The summed E-state index contributed by atoms with van der Waals surface area (Å²) in [6.07, 6.45) is 1.03. The average Bonchev–Trinajstić information content (AvgIpc) is 3.02. The first-order chi connectivity index (χ1) is 13.7. The van der Waals surface area contributed by atoms with Crippen LogP contribution in [-0.2, 0) is 17.9 Å². The second-order valence-electron chi connectivity index (χ2n) is 8.97. The summed E-state index contributed by atoms with van der Waals surface area (Å²) in [4.78, 5) is 19.5. The molecular formula is C21H34N6OS+2. The van der Waals surface area contributed by atoms with Gasteiger partial charge in [-0.3, -0.25) is 9.89 Å².